The van der Waals surface area contributed by atoms with E-state index in [0.29, 0.717) is 17.5 Å². The molecule has 1 saturated carbocycles. The Hall–Kier alpha value is -0.120. The van der Waals surface area contributed by atoms with Crippen LogP contribution in [0, 0.1) is 5.41 Å². The van der Waals surface area contributed by atoms with E-state index in [1.165, 1.54) is 38.8 Å². The van der Waals surface area contributed by atoms with Gasteiger partial charge in [-0.3, -0.25) is 4.90 Å². The molecule has 1 saturated heterocycles. The summed E-state index contributed by atoms with van der Waals surface area (Å²) < 4.78 is 5.25. The van der Waals surface area contributed by atoms with E-state index in [0.717, 1.165) is 13.2 Å². The zero-order valence-corrected chi connectivity index (χ0v) is 11.7. The van der Waals surface area contributed by atoms with Gasteiger partial charge in [0.1, 0.15) is 0 Å². The van der Waals surface area contributed by atoms with E-state index < -0.39 is 0 Å². The van der Waals surface area contributed by atoms with E-state index >= 15 is 0 Å². The fourth-order valence-corrected chi connectivity index (χ4v) is 2.90. The van der Waals surface area contributed by atoms with Crippen LogP contribution in [0.25, 0.3) is 0 Å². The van der Waals surface area contributed by atoms with Gasteiger partial charge < -0.3 is 10.1 Å². The van der Waals surface area contributed by atoms with E-state index in [-0.39, 0.29) is 0 Å². The van der Waals surface area contributed by atoms with Gasteiger partial charge in [0.15, 0.2) is 0 Å². The maximum Gasteiger partial charge on any atom is 0.0468 e. The first-order valence-corrected chi connectivity index (χ1v) is 7.15. The van der Waals surface area contributed by atoms with Gasteiger partial charge in [0, 0.05) is 45.4 Å². The molecule has 3 heteroatoms. The third-order valence-corrected chi connectivity index (χ3v) is 4.61. The molecule has 2 fully saturated rings. The molecule has 1 aliphatic carbocycles. The molecular weight excluding hydrogens is 212 g/mol. The van der Waals surface area contributed by atoms with Crippen molar-refractivity contribution in [2.75, 3.05) is 33.4 Å². The lowest BCUT2D eigenvalue weighted by Crippen LogP contribution is -2.56. The molecule has 2 aliphatic rings. The summed E-state index contributed by atoms with van der Waals surface area (Å²) in [5.74, 6) is 0. The van der Waals surface area contributed by atoms with E-state index in [1.54, 1.807) is 0 Å². The molecule has 2 unspecified atom stereocenters. The summed E-state index contributed by atoms with van der Waals surface area (Å²) in [5, 5.41) is 3.63. The predicted molar refractivity (Wildman–Crippen MR) is 71.3 cm³/mol. The number of nitrogens with zero attached hydrogens (tertiary/aromatic N) is 1. The Labute approximate surface area is 106 Å². The molecule has 3 nitrogen and oxygen atoms in total. The molecule has 2 rings (SSSR count). The van der Waals surface area contributed by atoms with Crippen LogP contribution in [0.5, 0.6) is 0 Å². The van der Waals surface area contributed by atoms with Crippen LogP contribution < -0.4 is 5.32 Å². The van der Waals surface area contributed by atoms with Crippen LogP contribution in [0.2, 0.25) is 0 Å². The summed E-state index contributed by atoms with van der Waals surface area (Å²) in [6, 6.07) is 1.39. The summed E-state index contributed by atoms with van der Waals surface area (Å²) in [6.07, 6.45) is 5.30. The molecule has 0 aromatic rings. The smallest absolute Gasteiger partial charge is 0.0468 e. The normalized spacial score (nSPS) is 32.6. The van der Waals surface area contributed by atoms with Crippen LogP contribution in [-0.2, 0) is 4.74 Å². The fraction of sp³-hybridized carbons (Fsp3) is 1.00. The Morgan fingerprint density at radius 3 is 2.76 bits per heavy atom. The highest BCUT2D eigenvalue weighted by atomic mass is 16.5. The van der Waals surface area contributed by atoms with Gasteiger partial charge >= 0.3 is 0 Å². The minimum Gasteiger partial charge on any atom is -0.385 e. The first kappa shape index (κ1) is 13.3. The van der Waals surface area contributed by atoms with Crippen LogP contribution in [0.15, 0.2) is 0 Å². The van der Waals surface area contributed by atoms with Crippen molar-refractivity contribution in [3.05, 3.63) is 0 Å². The second-order valence-electron chi connectivity index (χ2n) is 6.03. The molecule has 0 radical (unpaired) electrons. The quantitative estimate of drug-likeness (QED) is 0.767. The lowest BCUT2D eigenvalue weighted by molar-refractivity contribution is 0.0948. The first-order chi connectivity index (χ1) is 8.19. The highest BCUT2D eigenvalue weighted by Gasteiger charge is 2.44. The molecular formula is C14H28N2O. The molecule has 1 N–H and O–H groups in total. The van der Waals surface area contributed by atoms with Gasteiger partial charge in [0.05, 0.1) is 0 Å². The third kappa shape index (κ3) is 3.43. The Kier molecular flexibility index (Phi) is 4.45. The lowest BCUT2D eigenvalue weighted by Gasteiger charge is -2.40. The zero-order valence-electron chi connectivity index (χ0n) is 11.7. The minimum atomic E-state index is 0.597. The van der Waals surface area contributed by atoms with E-state index in [4.69, 9.17) is 4.74 Å². The van der Waals surface area contributed by atoms with Gasteiger partial charge in [-0.05, 0) is 38.0 Å². The van der Waals surface area contributed by atoms with Gasteiger partial charge in [0.25, 0.3) is 0 Å². The Balaban J connectivity index is 1.84. The average Bonchev–Trinajstić information content (AvgIpc) is 3.10. The van der Waals surface area contributed by atoms with Crippen LogP contribution in [-0.4, -0.2) is 50.3 Å². The SMILES string of the molecule is CCC1CN(CC2(CCOC)CC2)C(C)CN1. The number of rotatable bonds is 6. The fourth-order valence-electron chi connectivity index (χ4n) is 2.90. The molecule has 0 aromatic heterocycles. The molecule has 1 aliphatic heterocycles. The number of ether oxygens (including phenoxy) is 1. The molecule has 100 valence electrons. The monoisotopic (exact) mass is 240 g/mol. The third-order valence-electron chi connectivity index (χ3n) is 4.61. The van der Waals surface area contributed by atoms with Crippen molar-refractivity contribution < 1.29 is 4.74 Å². The Morgan fingerprint density at radius 1 is 1.41 bits per heavy atom. The standard InChI is InChI=1S/C14H28N2O/c1-4-13-10-16(12(2)9-15-13)11-14(5-6-14)7-8-17-3/h12-13,15H,4-11H2,1-3H3. The number of hydrogen-bond donors (Lipinski definition) is 1. The van der Waals surface area contributed by atoms with Crippen molar-refractivity contribution in [2.45, 2.75) is 51.6 Å². The highest BCUT2D eigenvalue weighted by Crippen LogP contribution is 2.49. The predicted octanol–water partition coefficient (Wildman–Crippen LogP) is 1.88. The second kappa shape index (κ2) is 5.68. The van der Waals surface area contributed by atoms with E-state index in [2.05, 4.69) is 24.1 Å². The number of nitrogens with one attached hydrogen (secondary N) is 1. The molecule has 1 heterocycles. The molecule has 0 aromatic carbocycles. The average molecular weight is 240 g/mol. The number of methoxy groups -OCH3 is 1. The maximum atomic E-state index is 5.25. The summed E-state index contributed by atoms with van der Waals surface area (Å²) in [4.78, 5) is 2.70. The molecule has 2 atom stereocenters. The summed E-state index contributed by atoms with van der Waals surface area (Å²) in [5.41, 5.74) is 0.597. The van der Waals surface area contributed by atoms with Crippen molar-refractivity contribution in [3.63, 3.8) is 0 Å². The molecule has 0 spiro atoms. The summed E-state index contributed by atoms with van der Waals surface area (Å²) in [6.45, 7) is 9.23. The Bertz CT molecular complexity index is 240. The van der Waals surface area contributed by atoms with Crippen LogP contribution >= 0.6 is 0 Å². The van der Waals surface area contributed by atoms with Crippen LogP contribution in [0.3, 0.4) is 0 Å². The first-order valence-electron chi connectivity index (χ1n) is 7.15. The minimum absolute atomic E-state index is 0.597. The van der Waals surface area contributed by atoms with Gasteiger partial charge in [-0.25, -0.2) is 0 Å². The molecule has 0 amide bonds. The topological polar surface area (TPSA) is 24.5 Å². The van der Waals surface area contributed by atoms with Crippen molar-refractivity contribution in [1.29, 1.82) is 0 Å². The Morgan fingerprint density at radius 2 is 2.18 bits per heavy atom. The zero-order chi connectivity index (χ0) is 12.3. The molecule has 0 bridgehead atoms. The summed E-state index contributed by atoms with van der Waals surface area (Å²) >= 11 is 0. The van der Waals surface area contributed by atoms with Crippen molar-refractivity contribution >= 4 is 0 Å². The van der Waals surface area contributed by atoms with Crippen LogP contribution in [0.4, 0.5) is 0 Å². The molecule has 17 heavy (non-hydrogen) atoms. The second-order valence-corrected chi connectivity index (χ2v) is 6.03. The lowest BCUT2D eigenvalue weighted by atomic mass is 9.99. The van der Waals surface area contributed by atoms with E-state index in [9.17, 15) is 0 Å². The van der Waals surface area contributed by atoms with E-state index in [1.807, 2.05) is 7.11 Å². The summed E-state index contributed by atoms with van der Waals surface area (Å²) in [7, 11) is 1.82. The van der Waals surface area contributed by atoms with Crippen LogP contribution in [0.1, 0.15) is 39.5 Å². The van der Waals surface area contributed by atoms with Gasteiger partial charge in [0.2, 0.25) is 0 Å². The van der Waals surface area contributed by atoms with Gasteiger partial charge in [-0.15, -0.1) is 0 Å². The maximum absolute atomic E-state index is 5.25. The van der Waals surface area contributed by atoms with Crippen molar-refractivity contribution in [3.8, 4) is 0 Å². The van der Waals surface area contributed by atoms with Gasteiger partial charge in [-0.2, -0.15) is 0 Å². The van der Waals surface area contributed by atoms with Gasteiger partial charge in [-0.1, -0.05) is 6.92 Å². The van der Waals surface area contributed by atoms with Crippen molar-refractivity contribution in [1.82, 2.24) is 10.2 Å². The number of hydrogen-bond acceptors (Lipinski definition) is 3. The highest BCUT2D eigenvalue weighted by molar-refractivity contribution is 4.97. The largest absolute Gasteiger partial charge is 0.385 e. The number of piperazine rings is 1. The van der Waals surface area contributed by atoms with Crippen molar-refractivity contribution in [2.24, 2.45) is 5.41 Å².